The van der Waals surface area contributed by atoms with Crippen LogP contribution in [-0.4, -0.2) is 40.8 Å². The number of aliphatic hydroxyl groups is 2. The van der Waals surface area contributed by atoms with Crippen LogP contribution in [-0.2, 0) is 14.3 Å². The van der Waals surface area contributed by atoms with E-state index in [-0.39, 0.29) is 29.8 Å². The van der Waals surface area contributed by atoms with Gasteiger partial charge in [-0.25, -0.2) is 0 Å². The van der Waals surface area contributed by atoms with Crippen LogP contribution in [0.2, 0.25) is 0 Å². The van der Waals surface area contributed by atoms with Gasteiger partial charge in [-0.05, 0) is 30.1 Å². The van der Waals surface area contributed by atoms with Crippen molar-refractivity contribution in [2.45, 2.75) is 51.6 Å². The molecule has 1 unspecified atom stereocenters. The van der Waals surface area contributed by atoms with E-state index in [1.807, 2.05) is 6.92 Å². The summed E-state index contributed by atoms with van der Waals surface area (Å²) in [6.45, 7) is 6.29. The third-order valence-electron chi connectivity index (χ3n) is 6.37. The SMILES string of the molecule is CC1(C)C[C@H]2[C@@H]3OC(O)[C@](C)([C@H]2C1)[C@H]1C(=O)OC[C@@]31O. The average molecular weight is 282 g/mol. The Hall–Kier alpha value is -0.650. The van der Waals surface area contributed by atoms with Crippen molar-refractivity contribution >= 4 is 5.97 Å². The molecule has 3 aliphatic heterocycles. The molecule has 0 amide bonds. The van der Waals surface area contributed by atoms with Gasteiger partial charge in [0.1, 0.15) is 18.1 Å². The van der Waals surface area contributed by atoms with Gasteiger partial charge >= 0.3 is 5.97 Å². The number of carbonyl (C=O) groups excluding carboxylic acids is 1. The second-order valence-electron chi connectivity index (χ2n) is 8.15. The van der Waals surface area contributed by atoms with Crippen molar-refractivity contribution in [1.29, 1.82) is 0 Å². The minimum Gasteiger partial charge on any atom is -0.462 e. The van der Waals surface area contributed by atoms with Gasteiger partial charge in [0.05, 0.1) is 6.10 Å². The lowest BCUT2D eigenvalue weighted by Crippen LogP contribution is -2.74. The van der Waals surface area contributed by atoms with Crippen LogP contribution in [0.1, 0.15) is 33.6 Å². The summed E-state index contributed by atoms with van der Waals surface area (Å²) >= 11 is 0. The van der Waals surface area contributed by atoms with Crippen LogP contribution in [0.3, 0.4) is 0 Å². The second-order valence-corrected chi connectivity index (χ2v) is 8.15. The monoisotopic (exact) mass is 282 g/mol. The van der Waals surface area contributed by atoms with Gasteiger partial charge in [-0.1, -0.05) is 20.8 Å². The molecular formula is C15H22O5. The lowest BCUT2D eigenvalue weighted by molar-refractivity contribution is -0.365. The summed E-state index contributed by atoms with van der Waals surface area (Å²) in [5, 5.41) is 21.4. The molecule has 0 spiro atoms. The first-order valence-corrected chi connectivity index (χ1v) is 7.43. The maximum absolute atomic E-state index is 12.2. The molecule has 2 bridgehead atoms. The standard InChI is InChI=1S/C15H22O5/c1-13(2)4-7-8(5-13)14(3)9-11(16)19-6-15(9,18)10(7)20-12(14)17/h7-10,12,17-18H,4-6H2,1-3H3/t7-,8+,9-,10+,12?,14-,15+/m1/s1. The number of aliphatic hydroxyl groups excluding tert-OH is 1. The zero-order chi connectivity index (χ0) is 14.5. The topological polar surface area (TPSA) is 76.0 Å². The van der Waals surface area contributed by atoms with Crippen LogP contribution in [0.15, 0.2) is 0 Å². The van der Waals surface area contributed by atoms with E-state index in [9.17, 15) is 15.0 Å². The van der Waals surface area contributed by atoms with Gasteiger partial charge in [-0.3, -0.25) is 4.79 Å². The van der Waals surface area contributed by atoms with Crippen molar-refractivity contribution in [3.05, 3.63) is 0 Å². The minimum absolute atomic E-state index is 0.00682. The van der Waals surface area contributed by atoms with Gasteiger partial charge in [-0.2, -0.15) is 0 Å². The van der Waals surface area contributed by atoms with E-state index < -0.39 is 29.3 Å². The summed E-state index contributed by atoms with van der Waals surface area (Å²) in [7, 11) is 0. The fourth-order valence-corrected chi connectivity index (χ4v) is 5.62. The van der Waals surface area contributed by atoms with Crippen LogP contribution < -0.4 is 0 Å². The lowest BCUT2D eigenvalue weighted by atomic mass is 9.50. The molecule has 3 heterocycles. The zero-order valence-electron chi connectivity index (χ0n) is 12.1. The normalized spacial score (nSPS) is 59.2. The first kappa shape index (κ1) is 13.0. The fraction of sp³-hybridized carbons (Fsp3) is 0.933. The van der Waals surface area contributed by atoms with Crippen molar-refractivity contribution < 1.29 is 24.5 Å². The van der Waals surface area contributed by atoms with Crippen LogP contribution >= 0.6 is 0 Å². The number of hydrogen-bond acceptors (Lipinski definition) is 5. The van der Waals surface area contributed by atoms with E-state index in [1.165, 1.54) is 0 Å². The maximum atomic E-state index is 12.2. The van der Waals surface area contributed by atoms with Gasteiger partial charge in [0, 0.05) is 5.41 Å². The zero-order valence-corrected chi connectivity index (χ0v) is 12.1. The molecule has 0 radical (unpaired) electrons. The van der Waals surface area contributed by atoms with E-state index in [4.69, 9.17) is 9.47 Å². The highest BCUT2D eigenvalue weighted by Crippen LogP contribution is 2.68. The molecule has 2 saturated carbocycles. The highest BCUT2D eigenvalue weighted by atomic mass is 16.6. The highest BCUT2D eigenvalue weighted by Gasteiger charge is 2.77. The van der Waals surface area contributed by atoms with Gasteiger partial charge in [0.2, 0.25) is 0 Å². The first-order valence-electron chi connectivity index (χ1n) is 7.43. The molecule has 2 aliphatic carbocycles. The molecule has 5 rings (SSSR count). The van der Waals surface area contributed by atoms with Gasteiger partial charge < -0.3 is 19.7 Å². The number of esters is 1. The average Bonchev–Trinajstić information content (AvgIpc) is 2.82. The van der Waals surface area contributed by atoms with Crippen molar-refractivity contribution in [2.75, 3.05) is 6.61 Å². The molecule has 0 aromatic rings. The molecule has 112 valence electrons. The maximum Gasteiger partial charge on any atom is 0.312 e. The highest BCUT2D eigenvalue weighted by molar-refractivity contribution is 5.78. The van der Waals surface area contributed by atoms with Crippen molar-refractivity contribution in [3.8, 4) is 0 Å². The van der Waals surface area contributed by atoms with E-state index in [1.54, 1.807) is 0 Å². The van der Waals surface area contributed by atoms with Crippen molar-refractivity contribution in [3.63, 3.8) is 0 Å². The predicted octanol–water partition coefficient (Wildman–Crippen LogP) is 0.680. The smallest absolute Gasteiger partial charge is 0.312 e. The van der Waals surface area contributed by atoms with Crippen molar-refractivity contribution in [1.82, 2.24) is 0 Å². The van der Waals surface area contributed by atoms with Crippen molar-refractivity contribution in [2.24, 2.45) is 28.6 Å². The summed E-state index contributed by atoms with van der Waals surface area (Å²) < 4.78 is 10.9. The van der Waals surface area contributed by atoms with Crippen LogP contribution in [0.4, 0.5) is 0 Å². The molecule has 20 heavy (non-hydrogen) atoms. The Labute approximate surface area is 118 Å². The third-order valence-corrected chi connectivity index (χ3v) is 6.37. The molecule has 2 N–H and O–H groups in total. The summed E-state index contributed by atoms with van der Waals surface area (Å²) in [6, 6.07) is 0. The molecule has 5 nitrogen and oxygen atoms in total. The molecule has 7 atom stereocenters. The summed E-state index contributed by atoms with van der Waals surface area (Å²) in [6.07, 6.45) is 0.403. The Kier molecular flexibility index (Phi) is 2.21. The lowest BCUT2D eigenvalue weighted by Gasteiger charge is -2.62. The molecular weight excluding hydrogens is 260 g/mol. The summed E-state index contributed by atoms with van der Waals surface area (Å²) in [5.74, 6) is -0.666. The van der Waals surface area contributed by atoms with E-state index in [0.29, 0.717) is 0 Å². The molecule has 5 aliphatic rings. The Morgan fingerprint density at radius 1 is 1.25 bits per heavy atom. The van der Waals surface area contributed by atoms with Gasteiger partial charge in [0.25, 0.3) is 0 Å². The number of carbonyl (C=O) groups is 1. The Morgan fingerprint density at radius 2 is 1.95 bits per heavy atom. The Bertz CT molecular complexity index is 487. The van der Waals surface area contributed by atoms with E-state index in [0.717, 1.165) is 12.8 Å². The first-order chi connectivity index (χ1) is 9.20. The minimum atomic E-state index is -1.27. The largest absolute Gasteiger partial charge is 0.462 e. The van der Waals surface area contributed by atoms with Crippen LogP contribution in [0.5, 0.6) is 0 Å². The fourth-order valence-electron chi connectivity index (χ4n) is 5.62. The third kappa shape index (κ3) is 1.23. The molecule has 3 saturated heterocycles. The van der Waals surface area contributed by atoms with E-state index >= 15 is 0 Å². The van der Waals surface area contributed by atoms with Crippen LogP contribution in [0.25, 0.3) is 0 Å². The number of ether oxygens (including phenoxy) is 2. The number of rotatable bonds is 0. The molecule has 5 fully saturated rings. The molecule has 0 aromatic carbocycles. The second kappa shape index (κ2) is 3.39. The van der Waals surface area contributed by atoms with Gasteiger partial charge in [0.15, 0.2) is 6.29 Å². The Balaban J connectivity index is 1.87. The molecule has 5 heteroatoms. The number of fused-ring (bicyclic) bond motifs is 1. The summed E-state index contributed by atoms with van der Waals surface area (Å²) in [5.41, 5.74) is -1.87. The number of cyclic esters (lactones) is 1. The summed E-state index contributed by atoms with van der Waals surface area (Å²) in [4.78, 5) is 12.2. The predicted molar refractivity (Wildman–Crippen MR) is 68.4 cm³/mol. The molecule has 0 aromatic heterocycles. The van der Waals surface area contributed by atoms with Gasteiger partial charge in [-0.15, -0.1) is 0 Å². The Morgan fingerprint density at radius 3 is 2.65 bits per heavy atom. The number of hydrogen-bond donors (Lipinski definition) is 2. The van der Waals surface area contributed by atoms with Crippen LogP contribution in [0, 0.1) is 28.6 Å². The van der Waals surface area contributed by atoms with E-state index in [2.05, 4.69) is 13.8 Å². The quantitative estimate of drug-likeness (QED) is 0.639.